The van der Waals surface area contributed by atoms with Crippen molar-refractivity contribution in [3.63, 3.8) is 0 Å². The number of carbonyl (C=O) groups is 3. The highest BCUT2D eigenvalue weighted by Crippen LogP contribution is 2.30. The highest BCUT2D eigenvalue weighted by atomic mass is 16.6. The Balaban J connectivity index is 1.82. The molecular weight excluding hydrogens is 460 g/mol. The zero-order chi connectivity index (χ0) is 25.9. The molecule has 2 aromatic carbocycles. The van der Waals surface area contributed by atoms with E-state index >= 15 is 0 Å². The van der Waals surface area contributed by atoms with Crippen molar-refractivity contribution in [2.45, 2.75) is 45.8 Å². The van der Waals surface area contributed by atoms with Gasteiger partial charge in [-0.3, -0.25) is 9.59 Å². The molecular formula is C28H30N2O6. The van der Waals surface area contributed by atoms with E-state index in [9.17, 15) is 14.4 Å². The van der Waals surface area contributed by atoms with Crippen molar-refractivity contribution in [1.82, 2.24) is 10.3 Å². The van der Waals surface area contributed by atoms with Crippen molar-refractivity contribution in [3.8, 4) is 11.5 Å². The van der Waals surface area contributed by atoms with Crippen LogP contribution in [0.2, 0.25) is 0 Å². The molecule has 0 spiro atoms. The van der Waals surface area contributed by atoms with Gasteiger partial charge in [0.1, 0.15) is 12.1 Å². The monoisotopic (exact) mass is 490 g/mol. The number of hydrogen-bond acceptors (Lipinski definition) is 7. The van der Waals surface area contributed by atoms with Gasteiger partial charge >= 0.3 is 11.9 Å². The summed E-state index contributed by atoms with van der Waals surface area (Å²) in [5.74, 6) is -1.81. The summed E-state index contributed by atoms with van der Waals surface area (Å²) in [6.45, 7) is 5.08. The summed E-state index contributed by atoms with van der Waals surface area (Å²) in [6.07, 6.45) is 1.70. The van der Waals surface area contributed by atoms with E-state index in [2.05, 4.69) is 10.3 Å². The van der Waals surface area contributed by atoms with Crippen molar-refractivity contribution in [2.24, 2.45) is 0 Å². The minimum Gasteiger partial charge on any atom is -0.490 e. The van der Waals surface area contributed by atoms with Gasteiger partial charge in [-0.25, -0.2) is 9.78 Å². The number of amides is 1. The van der Waals surface area contributed by atoms with Gasteiger partial charge in [-0.05, 0) is 25.0 Å². The van der Waals surface area contributed by atoms with Crippen molar-refractivity contribution in [1.29, 1.82) is 0 Å². The molecule has 0 bridgehead atoms. The minimum atomic E-state index is -0.999. The molecule has 1 amide bonds. The molecule has 2 atom stereocenters. The van der Waals surface area contributed by atoms with Crippen LogP contribution in [0.1, 0.15) is 42.4 Å². The number of esters is 2. The Morgan fingerprint density at radius 2 is 1.53 bits per heavy atom. The maximum Gasteiger partial charge on any atom is 0.329 e. The third-order valence-corrected chi connectivity index (χ3v) is 5.18. The van der Waals surface area contributed by atoms with Gasteiger partial charge in [-0.1, -0.05) is 60.7 Å². The van der Waals surface area contributed by atoms with E-state index in [4.69, 9.17) is 14.2 Å². The summed E-state index contributed by atoms with van der Waals surface area (Å²) >= 11 is 0. The zero-order valence-corrected chi connectivity index (χ0v) is 20.6. The number of rotatable bonds is 11. The molecule has 8 nitrogen and oxygen atoms in total. The molecule has 0 fully saturated rings. The lowest BCUT2D eigenvalue weighted by molar-refractivity contribution is -0.150. The molecule has 0 aliphatic carbocycles. The Kier molecular flexibility index (Phi) is 9.56. The van der Waals surface area contributed by atoms with Crippen molar-refractivity contribution < 1.29 is 28.6 Å². The van der Waals surface area contributed by atoms with Gasteiger partial charge in [0.05, 0.1) is 6.61 Å². The number of ether oxygens (including phenoxy) is 3. The van der Waals surface area contributed by atoms with Crippen molar-refractivity contribution >= 4 is 17.8 Å². The van der Waals surface area contributed by atoms with Crippen LogP contribution < -0.4 is 14.8 Å². The number of pyridine rings is 1. The predicted octanol–water partition coefficient (Wildman–Crippen LogP) is 3.92. The third-order valence-electron chi connectivity index (χ3n) is 5.18. The van der Waals surface area contributed by atoms with Crippen LogP contribution in [-0.4, -0.2) is 41.6 Å². The van der Waals surface area contributed by atoms with Gasteiger partial charge in [0.25, 0.3) is 5.91 Å². The second-order valence-corrected chi connectivity index (χ2v) is 8.17. The first-order chi connectivity index (χ1) is 17.4. The fraction of sp³-hybridized carbons (Fsp3) is 0.286. The molecule has 1 aromatic heterocycles. The van der Waals surface area contributed by atoms with E-state index in [0.29, 0.717) is 13.0 Å². The minimum absolute atomic E-state index is 0.103. The first kappa shape index (κ1) is 26.4. The highest BCUT2D eigenvalue weighted by molar-refractivity contribution is 5.98. The lowest BCUT2D eigenvalue weighted by atomic mass is 10.1. The molecule has 0 saturated carbocycles. The molecule has 0 radical (unpaired) electrons. The van der Waals surface area contributed by atoms with Gasteiger partial charge in [0.15, 0.2) is 11.4 Å². The van der Waals surface area contributed by atoms with Crippen LogP contribution in [0, 0.1) is 0 Å². The maximum absolute atomic E-state index is 13.3. The summed E-state index contributed by atoms with van der Waals surface area (Å²) in [5, 5.41) is 2.71. The molecule has 0 aliphatic rings. The van der Waals surface area contributed by atoms with Crippen LogP contribution in [-0.2, 0) is 27.2 Å². The average Bonchev–Trinajstić information content (AvgIpc) is 2.85. The molecule has 36 heavy (non-hydrogen) atoms. The Labute approximate surface area is 210 Å². The Morgan fingerprint density at radius 3 is 2.11 bits per heavy atom. The predicted molar refractivity (Wildman–Crippen MR) is 134 cm³/mol. The maximum atomic E-state index is 13.3. The van der Waals surface area contributed by atoms with Crippen LogP contribution in [0.5, 0.6) is 11.5 Å². The van der Waals surface area contributed by atoms with Crippen LogP contribution in [0.4, 0.5) is 0 Å². The number of nitrogens with zero attached hydrogens (tertiary/aromatic N) is 1. The molecule has 3 rings (SSSR count). The summed E-state index contributed by atoms with van der Waals surface area (Å²) < 4.78 is 16.4. The second-order valence-electron chi connectivity index (χ2n) is 8.17. The molecule has 1 unspecified atom stereocenters. The van der Waals surface area contributed by atoms with E-state index in [-0.39, 0.29) is 23.6 Å². The van der Waals surface area contributed by atoms with Gasteiger partial charge in [0.2, 0.25) is 5.75 Å². The lowest BCUT2D eigenvalue weighted by Gasteiger charge is -2.21. The number of aromatic nitrogens is 1. The number of benzene rings is 2. The molecule has 1 heterocycles. The topological polar surface area (TPSA) is 104 Å². The fourth-order valence-electron chi connectivity index (χ4n) is 3.64. The first-order valence-corrected chi connectivity index (χ1v) is 11.8. The molecule has 3 aromatic rings. The molecule has 8 heteroatoms. The second kappa shape index (κ2) is 13.0. The Morgan fingerprint density at radius 1 is 0.917 bits per heavy atom. The summed E-state index contributed by atoms with van der Waals surface area (Å²) in [6, 6.07) is 19.5. The van der Waals surface area contributed by atoms with Crippen LogP contribution in [0.15, 0.2) is 72.9 Å². The first-order valence-electron chi connectivity index (χ1n) is 11.8. The summed E-state index contributed by atoms with van der Waals surface area (Å²) in [5.41, 5.74) is 1.70. The smallest absolute Gasteiger partial charge is 0.329 e. The number of hydrogen-bond donors (Lipinski definition) is 1. The quantitative estimate of drug-likeness (QED) is 0.406. The van der Waals surface area contributed by atoms with E-state index in [1.165, 1.54) is 19.2 Å². The number of carbonyl (C=O) groups excluding carboxylic acids is 3. The average molecular weight is 491 g/mol. The van der Waals surface area contributed by atoms with Crippen LogP contribution in [0.3, 0.4) is 0 Å². The summed E-state index contributed by atoms with van der Waals surface area (Å²) in [7, 11) is 0. The highest BCUT2D eigenvalue weighted by Gasteiger charge is 2.28. The van der Waals surface area contributed by atoms with Gasteiger partial charge in [-0.2, -0.15) is 0 Å². The van der Waals surface area contributed by atoms with Crippen LogP contribution >= 0.6 is 0 Å². The third kappa shape index (κ3) is 7.66. The van der Waals surface area contributed by atoms with E-state index in [0.717, 1.165) is 11.1 Å². The normalized spacial score (nSPS) is 12.2. The van der Waals surface area contributed by atoms with Crippen LogP contribution in [0.25, 0.3) is 0 Å². The summed E-state index contributed by atoms with van der Waals surface area (Å²) in [4.78, 5) is 42.2. The SMILES string of the molecule is CCOc1ccnc(C(=O)N[C@@H](Cc2ccccc2)C(=O)OC(C)Cc2ccccc2)c1OC(C)=O. The fourth-order valence-corrected chi connectivity index (χ4v) is 3.64. The van der Waals surface area contributed by atoms with E-state index in [1.807, 2.05) is 60.7 Å². The van der Waals surface area contributed by atoms with E-state index in [1.54, 1.807) is 13.8 Å². The standard InChI is InChI=1S/C28H30N2O6/c1-4-34-24-15-16-29-25(26(24)36-20(3)31)27(32)30-23(18-22-13-9-6-10-14-22)28(33)35-19(2)17-21-11-7-5-8-12-21/h5-16,19,23H,4,17-18H2,1-3H3,(H,30,32)/t19?,23-/m0/s1. The number of nitrogens with one attached hydrogen (secondary N) is 1. The largest absolute Gasteiger partial charge is 0.490 e. The molecule has 188 valence electrons. The van der Waals surface area contributed by atoms with E-state index < -0.39 is 30.0 Å². The zero-order valence-electron chi connectivity index (χ0n) is 20.6. The van der Waals surface area contributed by atoms with Gasteiger partial charge in [0, 0.05) is 32.0 Å². The van der Waals surface area contributed by atoms with Gasteiger partial charge in [-0.15, -0.1) is 0 Å². The Bertz CT molecular complexity index is 1170. The Hall–Kier alpha value is -4.20. The van der Waals surface area contributed by atoms with Gasteiger partial charge < -0.3 is 19.5 Å². The molecule has 0 aliphatic heterocycles. The molecule has 0 saturated heterocycles. The van der Waals surface area contributed by atoms with Crippen molar-refractivity contribution in [3.05, 3.63) is 89.7 Å². The van der Waals surface area contributed by atoms with Crippen molar-refractivity contribution in [2.75, 3.05) is 6.61 Å². The lowest BCUT2D eigenvalue weighted by Crippen LogP contribution is -2.44. The molecule has 1 N–H and O–H groups in total.